The lowest BCUT2D eigenvalue weighted by atomic mass is 9.99. The van der Waals surface area contributed by atoms with Gasteiger partial charge in [0.1, 0.15) is 6.10 Å². The maximum Gasteiger partial charge on any atom is 0.279 e. The molecule has 0 aliphatic carbocycles. The number of aliphatic hydroxyl groups excluding tert-OH is 1. The molecule has 3 rings (SSSR count). The predicted octanol–water partition coefficient (Wildman–Crippen LogP) is 2.58. The normalized spacial score (nSPS) is 17.5. The molecule has 1 saturated heterocycles. The molecule has 36 heavy (non-hydrogen) atoms. The molecule has 0 aromatic heterocycles. The Hall–Kier alpha value is -2.96. The van der Waals surface area contributed by atoms with Crippen LogP contribution in [0.25, 0.3) is 0 Å². The zero-order valence-electron chi connectivity index (χ0n) is 20.7. The van der Waals surface area contributed by atoms with Crippen LogP contribution >= 0.6 is 0 Å². The summed E-state index contributed by atoms with van der Waals surface area (Å²) >= 11 is 0. The quantitative estimate of drug-likeness (QED) is 0.462. The molecule has 1 N–H and O–H groups in total. The Kier molecular flexibility index (Phi) is 11.2. The van der Waals surface area contributed by atoms with Gasteiger partial charge < -0.3 is 38.4 Å². The van der Waals surface area contributed by atoms with Crippen molar-refractivity contribution in [1.82, 2.24) is 0 Å². The molecule has 198 valence electrons. The van der Waals surface area contributed by atoms with E-state index in [0.29, 0.717) is 77.3 Å². The van der Waals surface area contributed by atoms with Crippen molar-refractivity contribution in [3.05, 3.63) is 57.6 Å². The van der Waals surface area contributed by atoms with E-state index in [-0.39, 0.29) is 17.0 Å². The lowest BCUT2D eigenvalue weighted by Crippen LogP contribution is -2.31. The Labute approximate surface area is 210 Å². The first-order valence-corrected chi connectivity index (χ1v) is 11.8. The summed E-state index contributed by atoms with van der Waals surface area (Å²) in [6, 6.07) is 9.92. The van der Waals surface area contributed by atoms with Crippen LogP contribution < -0.4 is 14.4 Å². The summed E-state index contributed by atoms with van der Waals surface area (Å²) in [5, 5.41) is 22.7. The molecule has 1 aliphatic heterocycles. The maximum atomic E-state index is 11.7. The second kappa shape index (κ2) is 14.6. The molecule has 1 aliphatic rings. The summed E-state index contributed by atoms with van der Waals surface area (Å²) in [6.07, 6.45) is -1.23. The van der Waals surface area contributed by atoms with Gasteiger partial charge in [-0.05, 0) is 23.8 Å². The van der Waals surface area contributed by atoms with Crippen LogP contribution in [-0.2, 0) is 18.9 Å². The summed E-state index contributed by atoms with van der Waals surface area (Å²) < 4.78 is 32.7. The van der Waals surface area contributed by atoms with Crippen molar-refractivity contribution in [2.45, 2.75) is 6.10 Å². The van der Waals surface area contributed by atoms with E-state index in [1.165, 1.54) is 26.4 Å². The number of nitrogens with zero attached hydrogens (tertiary/aromatic N) is 2. The predicted molar refractivity (Wildman–Crippen MR) is 132 cm³/mol. The summed E-state index contributed by atoms with van der Waals surface area (Å²) in [7, 11) is 2.83. The lowest BCUT2D eigenvalue weighted by Gasteiger charge is -2.25. The van der Waals surface area contributed by atoms with Crippen LogP contribution in [0.1, 0.15) is 17.2 Å². The molecule has 11 nitrogen and oxygen atoms in total. The molecule has 0 spiro atoms. The summed E-state index contributed by atoms with van der Waals surface area (Å²) in [4.78, 5) is 13.2. The van der Waals surface area contributed by atoms with Gasteiger partial charge in [0.15, 0.2) is 11.5 Å². The number of ether oxygens (including phenoxy) is 6. The number of nitro groups is 1. The molecule has 0 radical (unpaired) electrons. The van der Waals surface area contributed by atoms with Gasteiger partial charge in [-0.15, -0.1) is 0 Å². The Morgan fingerprint density at radius 1 is 0.833 bits per heavy atom. The number of hydrogen-bond donors (Lipinski definition) is 1. The van der Waals surface area contributed by atoms with Gasteiger partial charge >= 0.3 is 0 Å². The van der Waals surface area contributed by atoms with Crippen molar-refractivity contribution in [2.24, 2.45) is 0 Å². The molecular formula is C25H34N2O9. The van der Waals surface area contributed by atoms with Crippen molar-refractivity contribution < 1.29 is 38.5 Å². The van der Waals surface area contributed by atoms with Crippen LogP contribution in [0.2, 0.25) is 0 Å². The van der Waals surface area contributed by atoms with Gasteiger partial charge in [0.2, 0.25) is 0 Å². The molecule has 2 aromatic rings. The highest BCUT2D eigenvalue weighted by Crippen LogP contribution is 2.39. The zero-order valence-corrected chi connectivity index (χ0v) is 20.7. The van der Waals surface area contributed by atoms with E-state index in [1.807, 2.05) is 12.1 Å². The van der Waals surface area contributed by atoms with Crippen molar-refractivity contribution in [1.29, 1.82) is 0 Å². The van der Waals surface area contributed by atoms with Crippen molar-refractivity contribution >= 4 is 11.4 Å². The number of benzene rings is 2. The molecule has 0 bridgehead atoms. The first-order valence-electron chi connectivity index (χ1n) is 11.8. The van der Waals surface area contributed by atoms with E-state index in [1.54, 1.807) is 12.1 Å². The van der Waals surface area contributed by atoms with Crippen molar-refractivity contribution in [2.75, 3.05) is 85.1 Å². The number of hydrogen-bond acceptors (Lipinski definition) is 10. The number of nitro benzene ring substituents is 1. The van der Waals surface area contributed by atoms with Crippen LogP contribution in [0.3, 0.4) is 0 Å². The number of methoxy groups -OCH3 is 2. The summed E-state index contributed by atoms with van der Waals surface area (Å²) in [6.45, 7) is 5.39. The van der Waals surface area contributed by atoms with Gasteiger partial charge in [-0.3, -0.25) is 10.1 Å². The van der Waals surface area contributed by atoms with Crippen LogP contribution in [0.15, 0.2) is 36.4 Å². The van der Waals surface area contributed by atoms with E-state index >= 15 is 0 Å². The van der Waals surface area contributed by atoms with Crippen molar-refractivity contribution in [3.63, 3.8) is 0 Å². The van der Waals surface area contributed by atoms with Crippen molar-refractivity contribution in [3.8, 4) is 11.5 Å². The van der Waals surface area contributed by atoms with E-state index in [9.17, 15) is 15.2 Å². The molecule has 2 aromatic carbocycles. The number of aliphatic hydroxyl groups is 1. The molecular weight excluding hydrogens is 472 g/mol. The fourth-order valence-electron chi connectivity index (χ4n) is 3.79. The minimum atomic E-state index is -1.23. The van der Waals surface area contributed by atoms with Gasteiger partial charge in [0.25, 0.3) is 5.69 Å². The van der Waals surface area contributed by atoms with E-state index in [2.05, 4.69) is 4.90 Å². The third-order valence-electron chi connectivity index (χ3n) is 5.73. The smallest absolute Gasteiger partial charge is 0.279 e. The van der Waals surface area contributed by atoms with E-state index < -0.39 is 11.0 Å². The van der Waals surface area contributed by atoms with Crippen LogP contribution in [0, 0.1) is 10.1 Å². The summed E-state index contributed by atoms with van der Waals surface area (Å²) in [5.74, 6) is 0.515. The fourth-order valence-corrected chi connectivity index (χ4v) is 3.79. The highest BCUT2D eigenvalue weighted by atomic mass is 16.6. The first-order chi connectivity index (χ1) is 17.5. The average molecular weight is 507 g/mol. The first kappa shape index (κ1) is 27.6. The number of anilines is 1. The molecule has 11 heteroatoms. The van der Waals surface area contributed by atoms with Gasteiger partial charge in [-0.25, -0.2) is 0 Å². The molecule has 0 amide bonds. The molecule has 1 fully saturated rings. The maximum absolute atomic E-state index is 11.7. The Morgan fingerprint density at radius 2 is 1.31 bits per heavy atom. The number of rotatable bonds is 6. The van der Waals surface area contributed by atoms with Crippen LogP contribution in [0.4, 0.5) is 11.4 Å². The molecule has 1 atom stereocenters. The van der Waals surface area contributed by atoms with Gasteiger partial charge in [0.05, 0.1) is 83.6 Å². The SMILES string of the molecule is COc1cc(C(O)c2ccc(N3CCOCCOCCOCCOCC3)cc2)c([N+](=O)[O-])cc1OC. The van der Waals surface area contributed by atoms with Gasteiger partial charge in [-0.2, -0.15) is 0 Å². The Bertz CT molecular complexity index is 939. The van der Waals surface area contributed by atoms with Gasteiger partial charge in [0, 0.05) is 18.8 Å². The Balaban J connectivity index is 1.75. The average Bonchev–Trinajstić information content (AvgIpc) is 2.91. The largest absolute Gasteiger partial charge is 0.493 e. The second-order valence-corrected chi connectivity index (χ2v) is 7.95. The molecule has 0 saturated carbocycles. The monoisotopic (exact) mass is 506 g/mol. The lowest BCUT2D eigenvalue weighted by molar-refractivity contribution is -0.386. The van der Waals surface area contributed by atoms with Gasteiger partial charge in [-0.1, -0.05) is 12.1 Å². The molecule has 1 unspecified atom stereocenters. The van der Waals surface area contributed by atoms with Crippen LogP contribution in [-0.4, -0.2) is 90.2 Å². The van der Waals surface area contributed by atoms with E-state index in [4.69, 9.17) is 28.4 Å². The molecule has 1 heterocycles. The minimum absolute atomic E-state index is 0.117. The topological polar surface area (TPSA) is 122 Å². The third kappa shape index (κ3) is 7.77. The zero-order chi connectivity index (χ0) is 25.8. The standard InChI is InChI=1S/C25H34N2O9/c1-31-23-17-21(22(27(29)30)18-24(23)32-2)25(28)19-3-5-20(6-4-19)26-7-9-33-11-13-35-15-16-36-14-12-34-10-8-26/h3-6,17-18,25,28H,7-16H2,1-2H3. The minimum Gasteiger partial charge on any atom is -0.493 e. The highest BCUT2D eigenvalue weighted by Gasteiger charge is 2.26. The Morgan fingerprint density at radius 3 is 1.78 bits per heavy atom. The second-order valence-electron chi connectivity index (χ2n) is 7.95. The summed E-state index contributed by atoms with van der Waals surface area (Å²) in [5.41, 5.74) is 1.29. The fraction of sp³-hybridized carbons (Fsp3) is 0.520. The highest BCUT2D eigenvalue weighted by molar-refractivity contribution is 5.57. The third-order valence-corrected chi connectivity index (χ3v) is 5.73. The van der Waals surface area contributed by atoms with E-state index in [0.717, 1.165) is 5.69 Å². The van der Waals surface area contributed by atoms with Crippen LogP contribution in [0.5, 0.6) is 11.5 Å².